The standard InChI is InChI=1S/C31H36N4O4.2ClH/c36-28-17-26(21-34-18-24-16-25(20-34)27-9-4-10-30(37)35(27)19-24)39-29(31(28)38)22-33-14-12-32(13-15-33)11-5-8-23-6-2-1-3-7-23;;/h1-10,17,24-25,38H,11-16,18-22H2;2*1H/b8-5+;;/t24-,25+;;/m0../s1. The van der Waals surface area contributed by atoms with Crippen molar-refractivity contribution in [1.29, 1.82) is 0 Å². The zero-order valence-electron chi connectivity index (χ0n) is 23.1. The van der Waals surface area contributed by atoms with Crippen LogP contribution in [-0.2, 0) is 19.6 Å². The molecule has 1 N–H and O–H groups in total. The Morgan fingerprint density at radius 1 is 0.854 bits per heavy atom. The normalized spacial score (nSPS) is 21.2. The van der Waals surface area contributed by atoms with Crippen LogP contribution in [0.15, 0.2) is 74.7 Å². The first-order valence-corrected chi connectivity index (χ1v) is 13.9. The molecule has 0 radical (unpaired) electrons. The van der Waals surface area contributed by atoms with Crippen molar-refractivity contribution < 1.29 is 9.52 Å². The van der Waals surface area contributed by atoms with Gasteiger partial charge in [0.05, 0.1) is 13.1 Å². The van der Waals surface area contributed by atoms with Gasteiger partial charge >= 0.3 is 0 Å². The van der Waals surface area contributed by atoms with Crippen LogP contribution in [0.2, 0.25) is 0 Å². The van der Waals surface area contributed by atoms with E-state index in [1.165, 1.54) is 11.6 Å². The monoisotopic (exact) mass is 600 g/mol. The molecule has 8 nitrogen and oxygen atoms in total. The quantitative estimate of drug-likeness (QED) is 0.442. The molecule has 2 atom stereocenters. The van der Waals surface area contributed by atoms with E-state index in [2.05, 4.69) is 45.1 Å². The van der Waals surface area contributed by atoms with Crippen molar-refractivity contribution in [2.24, 2.45) is 5.92 Å². The highest BCUT2D eigenvalue weighted by Gasteiger charge is 2.34. The van der Waals surface area contributed by atoms with Gasteiger partial charge in [0.1, 0.15) is 5.76 Å². The second-order valence-electron chi connectivity index (χ2n) is 11.1. The number of halogens is 2. The molecule has 6 rings (SSSR count). The van der Waals surface area contributed by atoms with E-state index in [9.17, 15) is 14.7 Å². The predicted octanol–water partition coefficient (Wildman–Crippen LogP) is 3.80. The van der Waals surface area contributed by atoms with Crippen molar-refractivity contribution in [3.05, 3.63) is 104 Å². The molecule has 0 aliphatic carbocycles. The lowest BCUT2D eigenvalue weighted by molar-refractivity contribution is 0.103. The minimum Gasteiger partial charge on any atom is -0.502 e. The van der Waals surface area contributed by atoms with Gasteiger partial charge in [-0.05, 0) is 24.0 Å². The van der Waals surface area contributed by atoms with Gasteiger partial charge in [0.2, 0.25) is 11.2 Å². The zero-order chi connectivity index (χ0) is 26.8. The number of hydrogen-bond donors (Lipinski definition) is 1. The lowest BCUT2D eigenvalue weighted by atomic mass is 9.83. The Balaban J connectivity index is 0.00000194. The smallest absolute Gasteiger partial charge is 0.250 e. The van der Waals surface area contributed by atoms with E-state index in [4.69, 9.17) is 4.42 Å². The second-order valence-corrected chi connectivity index (χ2v) is 11.1. The summed E-state index contributed by atoms with van der Waals surface area (Å²) in [6.07, 6.45) is 5.43. The van der Waals surface area contributed by atoms with Crippen LogP contribution in [0, 0.1) is 5.92 Å². The van der Waals surface area contributed by atoms with E-state index >= 15 is 0 Å². The zero-order valence-corrected chi connectivity index (χ0v) is 24.7. The van der Waals surface area contributed by atoms with Gasteiger partial charge in [-0.2, -0.15) is 0 Å². The summed E-state index contributed by atoms with van der Waals surface area (Å²) in [5.41, 5.74) is 2.00. The number of hydrogen-bond acceptors (Lipinski definition) is 7. The molecule has 0 unspecified atom stereocenters. The van der Waals surface area contributed by atoms with Crippen LogP contribution in [0.3, 0.4) is 0 Å². The summed E-state index contributed by atoms with van der Waals surface area (Å²) in [5, 5.41) is 10.5. The van der Waals surface area contributed by atoms with Crippen molar-refractivity contribution in [1.82, 2.24) is 19.3 Å². The van der Waals surface area contributed by atoms with Crippen molar-refractivity contribution in [2.45, 2.75) is 32.0 Å². The first kappa shape index (κ1) is 31.1. The molecular weight excluding hydrogens is 563 g/mol. The number of likely N-dealkylation sites (tertiary alicyclic amines) is 1. The van der Waals surface area contributed by atoms with Crippen LogP contribution in [0.4, 0.5) is 0 Å². The Bertz CT molecular complexity index is 1450. The Kier molecular flexibility index (Phi) is 10.5. The van der Waals surface area contributed by atoms with Gasteiger partial charge in [-0.3, -0.25) is 24.3 Å². The fraction of sp³-hybridized carbons (Fsp3) is 0.419. The third-order valence-corrected chi connectivity index (χ3v) is 8.28. The Hall–Kier alpha value is -2.88. The molecule has 5 heterocycles. The summed E-state index contributed by atoms with van der Waals surface area (Å²) in [6, 6.07) is 17.3. The van der Waals surface area contributed by atoms with Gasteiger partial charge in [0, 0.05) is 76.1 Å². The Morgan fingerprint density at radius 2 is 1.61 bits per heavy atom. The van der Waals surface area contributed by atoms with Crippen LogP contribution in [0.25, 0.3) is 6.08 Å². The van der Waals surface area contributed by atoms with Crippen molar-refractivity contribution >= 4 is 30.9 Å². The number of piperazine rings is 1. The summed E-state index contributed by atoms with van der Waals surface area (Å²) in [4.78, 5) is 31.9. The molecule has 3 aromatic rings. The minimum absolute atomic E-state index is 0. The molecule has 41 heavy (non-hydrogen) atoms. The van der Waals surface area contributed by atoms with Crippen LogP contribution >= 0.6 is 24.8 Å². The van der Waals surface area contributed by atoms with Gasteiger partial charge < -0.3 is 14.1 Å². The maximum atomic E-state index is 12.6. The van der Waals surface area contributed by atoms with E-state index in [1.54, 1.807) is 6.07 Å². The molecule has 10 heteroatoms. The van der Waals surface area contributed by atoms with Gasteiger partial charge in [-0.1, -0.05) is 48.6 Å². The van der Waals surface area contributed by atoms with Crippen molar-refractivity contribution in [2.75, 3.05) is 45.8 Å². The summed E-state index contributed by atoms with van der Waals surface area (Å²) >= 11 is 0. The summed E-state index contributed by atoms with van der Waals surface area (Å²) < 4.78 is 8.06. The number of piperidine rings is 1. The van der Waals surface area contributed by atoms with E-state index in [1.807, 2.05) is 28.8 Å². The van der Waals surface area contributed by atoms with Crippen molar-refractivity contribution in [3.8, 4) is 5.75 Å². The predicted molar refractivity (Wildman–Crippen MR) is 165 cm³/mol. The molecule has 3 aliphatic rings. The largest absolute Gasteiger partial charge is 0.502 e. The Labute approximate surface area is 252 Å². The number of benzene rings is 1. The third kappa shape index (κ3) is 7.31. The van der Waals surface area contributed by atoms with Crippen LogP contribution in [0.5, 0.6) is 5.75 Å². The van der Waals surface area contributed by atoms with Gasteiger partial charge in [0.25, 0.3) is 5.56 Å². The average Bonchev–Trinajstić information content (AvgIpc) is 2.94. The number of nitrogens with zero attached hydrogens (tertiary/aromatic N) is 4. The van der Waals surface area contributed by atoms with E-state index in [0.29, 0.717) is 36.4 Å². The van der Waals surface area contributed by atoms with Gasteiger partial charge in [0.15, 0.2) is 5.76 Å². The molecule has 2 fully saturated rings. The number of fused-ring (bicyclic) bond motifs is 4. The molecule has 2 saturated heterocycles. The SMILES string of the molecule is Cl.Cl.O=c1cc(CN2C[C@@H]3C[C@H](C2)c2cccc(=O)n2C3)oc(CN2CCN(C/C=C/c3ccccc3)CC2)c1O. The maximum Gasteiger partial charge on any atom is 0.250 e. The molecule has 0 spiro atoms. The molecule has 2 bridgehead atoms. The lowest BCUT2D eigenvalue weighted by Gasteiger charge is -2.42. The molecule has 3 aliphatic heterocycles. The molecule has 1 aromatic carbocycles. The lowest BCUT2D eigenvalue weighted by Crippen LogP contribution is -2.46. The topological polar surface area (TPSA) is 82.2 Å². The number of pyridine rings is 1. The van der Waals surface area contributed by atoms with Crippen LogP contribution < -0.4 is 11.0 Å². The first-order valence-electron chi connectivity index (χ1n) is 13.9. The second kappa shape index (κ2) is 13.9. The molecular formula is C31H38Cl2N4O4. The van der Waals surface area contributed by atoms with Crippen LogP contribution in [0.1, 0.15) is 35.1 Å². The van der Waals surface area contributed by atoms with Gasteiger partial charge in [-0.25, -0.2) is 0 Å². The van der Waals surface area contributed by atoms with Crippen molar-refractivity contribution in [3.63, 3.8) is 0 Å². The molecule has 0 saturated carbocycles. The minimum atomic E-state index is -0.384. The van der Waals surface area contributed by atoms with E-state index in [-0.39, 0.29) is 41.6 Å². The summed E-state index contributed by atoms with van der Waals surface area (Å²) in [6.45, 7) is 7.80. The first-order chi connectivity index (χ1) is 19.0. The Morgan fingerprint density at radius 3 is 2.39 bits per heavy atom. The number of rotatable bonds is 7. The molecule has 220 valence electrons. The highest BCUT2D eigenvalue weighted by Crippen LogP contribution is 2.35. The summed E-state index contributed by atoms with van der Waals surface area (Å²) in [7, 11) is 0. The number of aromatic nitrogens is 1. The summed E-state index contributed by atoms with van der Waals surface area (Å²) in [5.74, 6) is 1.36. The fourth-order valence-corrected chi connectivity index (χ4v) is 6.35. The van der Waals surface area contributed by atoms with Crippen LogP contribution in [-0.4, -0.2) is 70.2 Å². The van der Waals surface area contributed by atoms with Gasteiger partial charge in [-0.15, -0.1) is 24.8 Å². The third-order valence-electron chi connectivity index (χ3n) is 8.28. The molecule has 0 amide bonds. The highest BCUT2D eigenvalue weighted by molar-refractivity contribution is 5.85. The molecule has 2 aromatic heterocycles. The van der Waals surface area contributed by atoms with E-state index in [0.717, 1.165) is 64.5 Å². The fourth-order valence-electron chi connectivity index (χ4n) is 6.35. The number of aromatic hydroxyl groups is 1. The van der Waals surface area contributed by atoms with E-state index < -0.39 is 0 Å². The highest BCUT2D eigenvalue weighted by atomic mass is 35.5. The maximum absolute atomic E-state index is 12.6. The average molecular weight is 602 g/mol.